The van der Waals surface area contributed by atoms with Crippen LogP contribution < -0.4 is 5.56 Å². The number of methoxy groups -OCH3 is 1. The molecule has 4 aromatic rings. The summed E-state index contributed by atoms with van der Waals surface area (Å²) in [6, 6.07) is 12.9. The third-order valence-corrected chi connectivity index (χ3v) is 5.08. The molecule has 1 atom stereocenters. The molecular weight excluding hydrogens is 376 g/mol. The highest BCUT2D eigenvalue weighted by atomic mass is 32.1. The molecule has 0 saturated heterocycles. The second kappa shape index (κ2) is 8.04. The summed E-state index contributed by atoms with van der Waals surface area (Å²) in [4.78, 5) is 15.0. The van der Waals surface area contributed by atoms with Crippen molar-refractivity contribution in [2.45, 2.75) is 18.2 Å². The van der Waals surface area contributed by atoms with Gasteiger partial charge >= 0.3 is 0 Å². The van der Waals surface area contributed by atoms with E-state index in [1.807, 2.05) is 41.0 Å². The molecule has 0 spiro atoms. The summed E-state index contributed by atoms with van der Waals surface area (Å²) >= 11 is 4.82. The molecule has 0 saturated carbocycles. The van der Waals surface area contributed by atoms with Crippen molar-refractivity contribution in [1.82, 2.24) is 19.7 Å². The van der Waals surface area contributed by atoms with E-state index in [0.717, 1.165) is 22.9 Å². The van der Waals surface area contributed by atoms with Crippen LogP contribution in [-0.2, 0) is 11.3 Å². The van der Waals surface area contributed by atoms with Gasteiger partial charge < -0.3 is 18.7 Å². The lowest BCUT2D eigenvalue weighted by molar-refractivity contribution is 0.190. The molecular formula is C20H20N4O3S. The zero-order valence-corrected chi connectivity index (χ0v) is 16.2. The van der Waals surface area contributed by atoms with Crippen molar-refractivity contribution in [3.63, 3.8) is 0 Å². The molecule has 3 aromatic heterocycles. The van der Waals surface area contributed by atoms with Gasteiger partial charge in [-0.1, -0.05) is 18.2 Å². The van der Waals surface area contributed by atoms with Crippen molar-refractivity contribution < 1.29 is 9.15 Å². The van der Waals surface area contributed by atoms with Crippen LogP contribution in [0.3, 0.4) is 0 Å². The predicted molar refractivity (Wildman–Crippen MR) is 110 cm³/mol. The standard InChI is InChI=1S/C20H20N4O3S/c1-26-10-5-9-24-19(16-8-4-11-27-16)22-23-20(24)18(28)14-12-17(25)21-15-7-3-2-6-13(14)15/h2-4,6-8,11-12,18,28H,5,9-10H2,1H3,(H,21,25). The normalized spacial score (nSPS) is 12.5. The highest BCUT2D eigenvalue weighted by Crippen LogP contribution is 2.33. The number of H-pyrrole nitrogens is 1. The van der Waals surface area contributed by atoms with Crippen molar-refractivity contribution in [3.05, 3.63) is 70.5 Å². The molecule has 0 aliphatic heterocycles. The lowest BCUT2D eigenvalue weighted by Gasteiger charge is -2.16. The van der Waals surface area contributed by atoms with Gasteiger partial charge in [-0.05, 0) is 30.2 Å². The summed E-state index contributed by atoms with van der Waals surface area (Å²) in [5.41, 5.74) is 1.37. The Balaban J connectivity index is 1.82. The van der Waals surface area contributed by atoms with Crippen molar-refractivity contribution in [1.29, 1.82) is 0 Å². The zero-order valence-electron chi connectivity index (χ0n) is 15.3. The number of ether oxygens (including phenoxy) is 1. The Morgan fingerprint density at radius 1 is 1.25 bits per heavy atom. The molecule has 28 heavy (non-hydrogen) atoms. The van der Waals surface area contributed by atoms with Crippen LogP contribution in [0.1, 0.15) is 23.1 Å². The molecule has 1 aromatic carbocycles. The Morgan fingerprint density at radius 3 is 2.89 bits per heavy atom. The number of thiol groups is 1. The lowest BCUT2D eigenvalue weighted by atomic mass is 10.1. The fourth-order valence-electron chi connectivity index (χ4n) is 3.29. The first-order chi connectivity index (χ1) is 13.7. The van der Waals surface area contributed by atoms with E-state index >= 15 is 0 Å². The largest absolute Gasteiger partial charge is 0.461 e. The van der Waals surface area contributed by atoms with E-state index in [-0.39, 0.29) is 5.56 Å². The summed E-state index contributed by atoms with van der Waals surface area (Å²) in [5, 5.41) is 9.22. The van der Waals surface area contributed by atoms with Gasteiger partial charge in [-0.2, -0.15) is 12.6 Å². The van der Waals surface area contributed by atoms with Crippen LogP contribution in [0, 0.1) is 0 Å². The van der Waals surface area contributed by atoms with Crippen LogP contribution in [0.15, 0.2) is 57.9 Å². The van der Waals surface area contributed by atoms with E-state index in [1.54, 1.807) is 19.4 Å². The minimum Gasteiger partial charge on any atom is -0.461 e. The Morgan fingerprint density at radius 2 is 2.11 bits per heavy atom. The average molecular weight is 396 g/mol. The highest BCUT2D eigenvalue weighted by molar-refractivity contribution is 7.80. The van der Waals surface area contributed by atoms with Gasteiger partial charge in [-0.15, -0.1) is 10.2 Å². The van der Waals surface area contributed by atoms with Gasteiger partial charge in [-0.25, -0.2) is 0 Å². The molecule has 1 unspecified atom stereocenters. The number of aromatic amines is 1. The molecule has 0 radical (unpaired) electrons. The minimum atomic E-state index is -0.425. The number of aromatic nitrogens is 4. The fourth-order valence-corrected chi connectivity index (χ4v) is 3.69. The summed E-state index contributed by atoms with van der Waals surface area (Å²) in [6.45, 7) is 1.25. The van der Waals surface area contributed by atoms with Crippen LogP contribution in [0.25, 0.3) is 22.5 Å². The van der Waals surface area contributed by atoms with Gasteiger partial charge in [0.15, 0.2) is 17.4 Å². The van der Waals surface area contributed by atoms with E-state index in [1.165, 1.54) is 0 Å². The van der Waals surface area contributed by atoms with Gasteiger partial charge in [0.25, 0.3) is 0 Å². The Bertz CT molecular complexity index is 1130. The molecule has 8 heteroatoms. The SMILES string of the molecule is COCCCn1c(-c2ccco2)nnc1C(S)c1cc(=O)[nH]c2ccccc12. The van der Waals surface area contributed by atoms with E-state index in [9.17, 15) is 4.79 Å². The maximum absolute atomic E-state index is 12.2. The van der Waals surface area contributed by atoms with Gasteiger partial charge in [-0.3, -0.25) is 4.79 Å². The summed E-state index contributed by atoms with van der Waals surface area (Å²) in [5.74, 6) is 1.92. The summed E-state index contributed by atoms with van der Waals surface area (Å²) in [7, 11) is 1.67. The minimum absolute atomic E-state index is 0.176. The number of nitrogens with one attached hydrogen (secondary N) is 1. The molecule has 0 fully saturated rings. The fraction of sp³-hybridized carbons (Fsp3) is 0.250. The quantitative estimate of drug-likeness (QED) is 0.369. The van der Waals surface area contributed by atoms with E-state index in [4.69, 9.17) is 21.8 Å². The smallest absolute Gasteiger partial charge is 0.248 e. The number of rotatable bonds is 7. The Hall–Kier alpha value is -2.84. The lowest BCUT2D eigenvalue weighted by Crippen LogP contribution is -2.13. The molecule has 0 aliphatic rings. The maximum atomic E-state index is 12.2. The van der Waals surface area contributed by atoms with Crippen molar-refractivity contribution in [2.75, 3.05) is 13.7 Å². The number of furan rings is 1. The monoisotopic (exact) mass is 396 g/mol. The number of nitrogens with zero attached hydrogens (tertiary/aromatic N) is 3. The number of fused-ring (bicyclic) bond motifs is 1. The molecule has 0 amide bonds. The second-order valence-corrected chi connectivity index (χ2v) is 6.91. The topological polar surface area (TPSA) is 85.9 Å². The van der Waals surface area contributed by atoms with Crippen molar-refractivity contribution in [2.24, 2.45) is 0 Å². The first-order valence-electron chi connectivity index (χ1n) is 8.95. The number of para-hydroxylation sites is 1. The van der Waals surface area contributed by atoms with Gasteiger partial charge in [0, 0.05) is 37.2 Å². The Kier molecular flexibility index (Phi) is 5.31. The molecule has 144 valence electrons. The molecule has 4 rings (SSSR count). The molecule has 0 bridgehead atoms. The number of pyridine rings is 1. The van der Waals surface area contributed by atoms with Gasteiger partial charge in [0.1, 0.15) is 0 Å². The summed E-state index contributed by atoms with van der Waals surface area (Å²) in [6.07, 6.45) is 2.39. The molecule has 7 nitrogen and oxygen atoms in total. The number of hydrogen-bond acceptors (Lipinski definition) is 6. The zero-order chi connectivity index (χ0) is 19.5. The van der Waals surface area contributed by atoms with Gasteiger partial charge in [0.2, 0.25) is 5.56 Å². The van der Waals surface area contributed by atoms with Crippen LogP contribution >= 0.6 is 12.6 Å². The average Bonchev–Trinajstić information content (AvgIpc) is 3.36. The summed E-state index contributed by atoms with van der Waals surface area (Å²) < 4.78 is 12.7. The Labute approximate surface area is 166 Å². The number of hydrogen-bond donors (Lipinski definition) is 2. The van der Waals surface area contributed by atoms with Crippen LogP contribution in [-0.4, -0.2) is 33.5 Å². The third-order valence-electron chi connectivity index (χ3n) is 4.57. The molecule has 3 heterocycles. The number of benzene rings is 1. The highest BCUT2D eigenvalue weighted by Gasteiger charge is 2.23. The van der Waals surface area contributed by atoms with E-state index in [2.05, 4.69) is 15.2 Å². The first-order valence-corrected chi connectivity index (χ1v) is 9.46. The van der Waals surface area contributed by atoms with Crippen molar-refractivity contribution in [3.8, 4) is 11.6 Å². The van der Waals surface area contributed by atoms with Gasteiger partial charge in [0.05, 0.1) is 11.5 Å². The van der Waals surface area contributed by atoms with E-state index in [0.29, 0.717) is 30.6 Å². The molecule has 1 N–H and O–H groups in total. The van der Waals surface area contributed by atoms with Crippen LogP contribution in [0.4, 0.5) is 0 Å². The third kappa shape index (κ3) is 3.48. The van der Waals surface area contributed by atoms with E-state index < -0.39 is 5.25 Å². The first kappa shape index (κ1) is 18.5. The van der Waals surface area contributed by atoms with Crippen molar-refractivity contribution >= 4 is 23.5 Å². The molecule has 0 aliphatic carbocycles. The van der Waals surface area contributed by atoms with Crippen LogP contribution in [0.5, 0.6) is 0 Å². The maximum Gasteiger partial charge on any atom is 0.248 e. The van der Waals surface area contributed by atoms with Crippen LogP contribution in [0.2, 0.25) is 0 Å². The predicted octanol–water partition coefficient (Wildman–Crippen LogP) is 3.44. The second-order valence-electron chi connectivity index (χ2n) is 6.39.